The molecular formula is C24H27ClFN3O7S. The first-order valence-electron chi connectivity index (χ1n) is 11.3. The second kappa shape index (κ2) is 11.9. The smallest absolute Gasteiger partial charge is 0.395 e. The minimum Gasteiger partial charge on any atom is -0.483 e. The van der Waals surface area contributed by atoms with Gasteiger partial charge in [-0.2, -0.15) is 0 Å². The van der Waals surface area contributed by atoms with E-state index in [0.29, 0.717) is 19.6 Å². The molecule has 13 heteroatoms. The molecule has 1 aliphatic heterocycles. The van der Waals surface area contributed by atoms with Crippen molar-refractivity contribution in [2.45, 2.75) is 38.2 Å². The summed E-state index contributed by atoms with van der Waals surface area (Å²) < 4.78 is 44.7. The summed E-state index contributed by atoms with van der Waals surface area (Å²) in [6, 6.07) is 10.3. The molecule has 2 atom stereocenters. The van der Waals surface area contributed by atoms with Crippen LogP contribution in [0.3, 0.4) is 0 Å². The summed E-state index contributed by atoms with van der Waals surface area (Å²) in [5.74, 6) is -4.97. The Hall–Kier alpha value is -3.22. The van der Waals surface area contributed by atoms with Gasteiger partial charge in [0, 0.05) is 42.3 Å². The van der Waals surface area contributed by atoms with E-state index >= 15 is 0 Å². The molecule has 200 valence electrons. The number of rotatable bonds is 8. The molecule has 0 aromatic heterocycles. The summed E-state index contributed by atoms with van der Waals surface area (Å²) in [6.07, 6.45) is 0. The van der Waals surface area contributed by atoms with Crippen molar-refractivity contribution in [2.75, 3.05) is 19.7 Å². The Balaban J connectivity index is 1.63. The molecule has 1 heterocycles. The standard InChI is InChI=1S/C24H27ClFN3O7S/c1-15-11-29(16(2)10-28(15)12-17-3-6-20(26)7-4-17)22(30)13-36-21-8-5-19(25)9-18(21)14-37(34,35)27-23(31)24(32)33/h3-9,15-16H,10-14H2,1-2H3,(H,27,31)(H,32,33)/t15-,16+/m0/s1. The van der Waals surface area contributed by atoms with Crippen molar-refractivity contribution in [3.8, 4) is 5.75 Å². The number of piperazine rings is 1. The number of carboxylic acids is 1. The zero-order chi connectivity index (χ0) is 27.3. The van der Waals surface area contributed by atoms with E-state index in [2.05, 4.69) is 4.90 Å². The van der Waals surface area contributed by atoms with E-state index in [1.165, 1.54) is 35.1 Å². The number of carbonyl (C=O) groups is 3. The first-order valence-corrected chi connectivity index (χ1v) is 13.3. The molecule has 0 spiro atoms. The van der Waals surface area contributed by atoms with Crippen molar-refractivity contribution in [3.05, 3.63) is 64.4 Å². The zero-order valence-corrected chi connectivity index (χ0v) is 21.8. The highest BCUT2D eigenvalue weighted by atomic mass is 35.5. The van der Waals surface area contributed by atoms with Gasteiger partial charge in [0.1, 0.15) is 11.6 Å². The van der Waals surface area contributed by atoms with Crippen LogP contribution in [0.5, 0.6) is 5.75 Å². The SMILES string of the molecule is C[C@@H]1CN(Cc2ccc(F)cc2)[C@@H](C)CN1C(=O)COc1ccc(Cl)cc1CS(=O)(=O)NC(=O)C(=O)O. The summed E-state index contributed by atoms with van der Waals surface area (Å²) >= 11 is 5.97. The van der Waals surface area contributed by atoms with E-state index in [0.717, 1.165) is 5.56 Å². The van der Waals surface area contributed by atoms with Crippen LogP contribution in [0.15, 0.2) is 42.5 Å². The lowest BCUT2D eigenvalue weighted by Crippen LogP contribution is -2.58. The topological polar surface area (TPSA) is 133 Å². The zero-order valence-electron chi connectivity index (χ0n) is 20.2. The Morgan fingerprint density at radius 1 is 1.11 bits per heavy atom. The van der Waals surface area contributed by atoms with E-state index in [9.17, 15) is 27.2 Å². The first-order chi connectivity index (χ1) is 17.3. The fourth-order valence-electron chi connectivity index (χ4n) is 4.04. The Morgan fingerprint density at radius 3 is 2.43 bits per heavy atom. The lowest BCUT2D eigenvalue weighted by atomic mass is 10.1. The average molecular weight is 556 g/mol. The number of ether oxygens (including phenoxy) is 1. The number of halogens is 2. The Labute approximate surface area is 219 Å². The van der Waals surface area contributed by atoms with Gasteiger partial charge < -0.3 is 14.7 Å². The van der Waals surface area contributed by atoms with Crippen LogP contribution in [0.4, 0.5) is 4.39 Å². The van der Waals surface area contributed by atoms with Crippen molar-refractivity contribution in [3.63, 3.8) is 0 Å². The molecule has 2 N–H and O–H groups in total. The van der Waals surface area contributed by atoms with Gasteiger partial charge in [-0.3, -0.25) is 14.5 Å². The minimum atomic E-state index is -4.37. The quantitative estimate of drug-likeness (QED) is 0.473. The van der Waals surface area contributed by atoms with Crippen molar-refractivity contribution in [1.82, 2.24) is 14.5 Å². The van der Waals surface area contributed by atoms with Crippen LogP contribution in [0.1, 0.15) is 25.0 Å². The number of benzene rings is 2. The lowest BCUT2D eigenvalue weighted by molar-refractivity contribution is -0.149. The number of hydrogen-bond donors (Lipinski definition) is 2. The van der Waals surface area contributed by atoms with Gasteiger partial charge in [0.25, 0.3) is 5.91 Å². The average Bonchev–Trinajstić information content (AvgIpc) is 2.81. The first kappa shape index (κ1) is 28.4. The Kier molecular flexibility index (Phi) is 9.11. The highest BCUT2D eigenvalue weighted by Crippen LogP contribution is 2.25. The number of carboxylic acid groups (broad SMARTS) is 1. The maximum absolute atomic E-state index is 13.2. The number of hydrogen-bond acceptors (Lipinski definition) is 7. The molecule has 0 aliphatic carbocycles. The van der Waals surface area contributed by atoms with Gasteiger partial charge in [0.15, 0.2) is 6.61 Å². The summed E-state index contributed by atoms with van der Waals surface area (Å²) in [5.41, 5.74) is 1.02. The molecule has 2 aromatic carbocycles. The number of carbonyl (C=O) groups excluding carboxylic acids is 2. The molecule has 0 unspecified atom stereocenters. The summed E-state index contributed by atoms with van der Waals surface area (Å²) in [4.78, 5) is 38.8. The predicted octanol–water partition coefficient (Wildman–Crippen LogP) is 2.01. The van der Waals surface area contributed by atoms with Crippen molar-refractivity contribution in [1.29, 1.82) is 0 Å². The molecule has 1 aliphatic rings. The molecule has 0 saturated carbocycles. The molecule has 0 bridgehead atoms. The maximum Gasteiger partial charge on any atom is 0.395 e. The number of nitrogens with zero attached hydrogens (tertiary/aromatic N) is 2. The van der Waals surface area contributed by atoms with E-state index < -0.39 is 27.7 Å². The maximum atomic E-state index is 13.2. The minimum absolute atomic E-state index is 0.0271. The number of nitrogens with one attached hydrogen (secondary N) is 1. The second-order valence-electron chi connectivity index (χ2n) is 8.84. The van der Waals surface area contributed by atoms with Crippen LogP contribution in [-0.4, -0.2) is 72.9 Å². The fourth-order valence-corrected chi connectivity index (χ4v) is 5.31. The van der Waals surface area contributed by atoms with E-state index in [-0.39, 0.29) is 46.8 Å². The fraction of sp³-hybridized carbons (Fsp3) is 0.375. The molecule has 0 radical (unpaired) electrons. The molecule has 2 aromatic rings. The molecule has 1 saturated heterocycles. The van der Waals surface area contributed by atoms with Crippen molar-refractivity contribution < 1.29 is 37.0 Å². The van der Waals surface area contributed by atoms with Gasteiger partial charge in [-0.05, 0) is 49.7 Å². The highest BCUT2D eigenvalue weighted by Gasteiger charge is 2.32. The van der Waals surface area contributed by atoms with Gasteiger partial charge in [-0.1, -0.05) is 23.7 Å². The molecular weight excluding hydrogens is 529 g/mol. The summed E-state index contributed by atoms with van der Waals surface area (Å²) in [6.45, 7) is 5.18. The van der Waals surface area contributed by atoms with Crippen LogP contribution in [-0.2, 0) is 36.7 Å². The molecule has 3 rings (SSSR count). The van der Waals surface area contributed by atoms with Gasteiger partial charge in [-0.15, -0.1) is 0 Å². The molecule has 37 heavy (non-hydrogen) atoms. The van der Waals surface area contributed by atoms with Crippen molar-refractivity contribution in [2.24, 2.45) is 0 Å². The third-order valence-corrected chi connectivity index (χ3v) is 7.32. The van der Waals surface area contributed by atoms with Gasteiger partial charge in [0.05, 0.1) is 5.75 Å². The monoisotopic (exact) mass is 555 g/mol. The van der Waals surface area contributed by atoms with Crippen LogP contribution >= 0.6 is 11.6 Å². The van der Waals surface area contributed by atoms with Gasteiger partial charge in [-0.25, -0.2) is 22.3 Å². The second-order valence-corrected chi connectivity index (χ2v) is 11.0. The highest BCUT2D eigenvalue weighted by molar-refractivity contribution is 7.89. The Morgan fingerprint density at radius 2 is 1.78 bits per heavy atom. The van der Waals surface area contributed by atoms with Crippen LogP contribution in [0.25, 0.3) is 0 Å². The predicted molar refractivity (Wildman–Crippen MR) is 133 cm³/mol. The van der Waals surface area contributed by atoms with E-state index in [1.807, 2.05) is 13.8 Å². The molecule has 2 amide bonds. The Bertz CT molecular complexity index is 1270. The summed E-state index contributed by atoms with van der Waals surface area (Å²) in [7, 11) is -4.37. The molecule has 10 nitrogen and oxygen atoms in total. The molecule has 1 fully saturated rings. The normalized spacial score (nSPS) is 18.3. The lowest BCUT2D eigenvalue weighted by Gasteiger charge is -2.44. The van der Waals surface area contributed by atoms with E-state index in [4.69, 9.17) is 21.4 Å². The van der Waals surface area contributed by atoms with Crippen molar-refractivity contribution >= 4 is 39.4 Å². The number of amides is 2. The third-order valence-electron chi connectivity index (χ3n) is 5.90. The van der Waals surface area contributed by atoms with Crippen LogP contribution < -0.4 is 9.46 Å². The van der Waals surface area contributed by atoms with Gasteiger partial charge in [0.2, 0.25) is 10.0 Å². The third kappa shape index (κ3) is 7.88. The number of sulfonamides is 1. The van der Waals surface area contributed by atoms with Gasteiger partial charge >= 0.3 is 11.9 Å². The van der Waals surface area contributed by atoms with E-state index in [1.54, 1.807) is 17.0 Å². The summed E-state index contributed by atoms with van der Waals surface area (Å²) in [5, 5.41) is 8.83. The van der Waals surface area contributed by atoms with Crippen LogP contribution in [0.2, 0.25) is 5.02 Å². The largest absolute Gasteiger partial charge is 0.483 e. The number of aliphatic carboxylic acids is 1. The van der Waals surface area contributed by atoms with Crippen LogP contribution in [0, 0.1) is 5.82 Å².